The largest absolute Gasteiger partial charge is 0.508 e. The van der Waals surface area contributed by atoms with Crippen LogP contribution < -0.4 is 38.1 Å². The first-order valence-electron chi connectivity index (χ1n) is 17.0. The highest BCUT2D eigenvalue weighted by Crippen LogP contribution is 2.19. The van der Waals surface area contributed by atoms with E-state index in [-0.39, 0.29) is 38.1 Å². The molecule has 0 spiro atoms. The summed E-state index contributed by atoms with van der Waals surface area (Å²) in [6.45, 7) is -0.135. The molecule has 0 radical (unpaired) electrons. The SMILES string of the molecule is NC(=O)[C@@H]1CCCN1C(=O)[C@H]1CC(=O)NCCCC[C@@H](NC(=O)[C@@H](N)Cc2ccc(O)cc2)C(=O)NCC(=O)N[C@H](Cc2ccccc2)C(=O)N1. The van der Waals surface area contributed by atoms with Crippen LogP contribution in [0.2, 0.25) is 0 Å². The lowest BCUT2D eigenvalue weighted by Crippen LogP contribution is -2.58. The van der Waals surface area contributed by atoms with Crippen molar-refractivity contribution in [2.45, 2.75) is 81.6 Å². The molecular weight excluding hydrogens is 660 g/mol. The molecular formula is C35H46N8O8. The number of nitrogens with two attached hydrogens (primary N) is 2. The number of carbonyl (C=O) groups excluding carboxylic acids is 7. The maximum absolute atomic E-state index is 13.7. The van der Waals surface area contributed by atoms with Gasteiger partial charge in [0.25, 0.3) is 0 Å². The first-order valence-corrected chi connectivity index (χ1v) is 17.0. The molecule has 2 fully saturated rings. The van der Waals surface area contributed by atoms with Crippen molar-refractivity contribution in [1.29, 1.82) is 0 Å². The van der Waals surface area contributed by atoms with E-state index in [0.717, 1.165) is 0 Å². The van der Waals surface area contributed by atoms with Crippen LogP contribution in [0, 0.1) is 0 Å². The number of nitrogens with one attached hydrogen (secondary N) is 5. The summed E-state index contributed by atoms with van der Waals surface area (Å²) in [5.41, 5.74) is 13.0. The number of nitrogens with zero attached hydrogens (tertiary/aromatic N) is 1. The minimum absolute atomic E-state index is 0.0185. The van der Waals surface area contributed by atoms with Gasteiger partial charge in [-0.15, -0.1) is 0 Å². The molecule has 274 valence electrons. The van der Waals surface area contributed by atoms with E-state index in [2.05, 4.69) is 26.6 Å². The van der Waals surface area contributed by atoms with E-state index in [1.165, 1.54) is 17.0 Å². The molecule has 0 saturated carbocycles. The molecule has 10 N–H and O–H groups in total. The number of hydrogen-bond acceptors (Lipinski definition) is 9. The Bertz CT molecular complexity index is 1570. The van der Waals surface area contributed by atoms with Crippen LogP contribution in [0.5, 0.6) is 5.75 Å². The summed E-state index contributed by atoms with van der Waals surface area (Å²) in [4.78, 5) is 93.3. The summed E-state index contributed by atoms with van der Waals surface area (Å²) in [6, 6.07) is 9.48. The zero-order valence-corrected chi connectivity index (χ0v) is 28.3. The number of rotatable bonds is 8. The van der Waals surface area contributed by atoms with Gasteiger partial charge in [0.15, 0.2) is 0 Å². The molecule has 2 saturated heterocycles. The van der Waals surface area contributed by atoms with E-state index >= 15 is 0 Å². The maximum atomic E-state index is 13.7. The summed E-state index contributed by atoms with van der Waals surface area (Å²) >= 11 is 0. The molecule has 16 heteroatoms. The lowest BCUT2D eigenvalue weighted by atomic mass is 10.0. The molecule has 7 amide bonds. The fourth-order valence-electron chi connectivity index (χ4n) is 6.08. The van der Waals surface area contributed by atoms with Crippen molar-refractivity contribution >= 4 is 41.4 Å². The number of benzene rings is 2. The van der Waals surface area contributed by atoms with Crippen LogP contribution in [0.25, 0.3) is 0 Å². The third kappa shape index (κ3) is 11.5. The first kappa shape index (κ1) is 38.3. The average Bonchev–Trinajstić information content (AvgIpc) is 3.61. The lowest BCUT2D eigenvalue weighted by Gasteiger charge is -2.29. The Morgan fingerprint density at radius 2 is 1.59 bits per heavy atom. The van der Waals surface area contributed by atoms with Gasteiger partial charge in [-0.25, -0.2) is 0 Å². The van der Waals surface area contributed by atoms with Crippen LogP contribution in [-0.2, 0) is 46.4 Å². The van der Waals surface area contributed by atoms with Gasteiger partial charge >= 0.3 is 0 Å². The second-order valence-electron chi connectivity index (χ2n) is 12.8. The molecule has 4 rings (SSSR count). The fourth-order valence-corrected chi connectivity index (χ4v) is 6.08. The second-order valence-corrected chi connectivity index (χ2v) is 12.8. The molecule has 0 aliphatic carbocycles. The van der Waals surface area contributed by atoms with Crippen LogP contribution >= 0.6 is 0 Å². The molecule has 2 aliphatic heterocycles. The van der Waals surface area contributed by atoms with Crippen LogP contribution in [0.3, 0.4) is 0 Å². The van der Waals surface area contributed by atoms with E-state index < -0.39 is 84.5 Å². The van der Waals surface area contributed by atoms with Gasteiger partial charge in [0.05, 0.1) is 19.0 Å². The van der Waals surface area contributed by atoms with Gasteiger partial charge in [0.1, 0.15) is 29.9 Å². The van der Waals surface area contributed by atoms with Gasteiger partial charge in [0.2, 0.25) is 41.4 Å². The van der Waals surface area contributed by atoms with Crippen LogP contribution in [-0.4, -0.2) is 101 Å². The third-order valence-corrected chi connectivity index (χ3v) is 8.83. The van der Waals surface area contributed by atoms with E-state index in [0.29, 0.717) is 36.8 Å². The molecule has 2 heterocycles. The second kappa shape index (κ2) is 18.5. The standard InChI is InChI=1S/C35H46N8O8/c36-24(17-22-11-13-23(44)14-12-22)32(48)41-25-9-4-5-15-38-29(45)19-27(35(51)43-16-6-10-28(43)31(37)47)42-34(50)26(18-21-7-2-1-3-8-21)40-30(46)20-39-33(25)49/h1-3,7-8,11-14,24-28,44H,4-6,9-10,15-20,36H2,(H2,37,47)(H,38,45)(H,39,49)(H,40,46)(H,41,48)(H,42,50)/t24-,25+,26+,27+,28-/m0/s1. The molecule has 2 aromatic carbocycles. The van der Waals surface area contributed by atoms with E-state index in [1.807, 2.05) is 0 Å². The highest BCUT2D eigenvalue weighted by Gasteiger charge is 2.38. The minimum Gasteiger partial charge on any atom is -0.508 e. The predicted octanol–water partition coefficient (Wildman–Crippen LogP) is -1.76. The van der Waals surface area contributed by atoms with Crippen LogP contribution in [0.1, 0.15) is 49.7 Å². The van der Waals surface area contributed by atoms with E-state index in [9.17, 15) is 38.7 Å². The zero-order chi connectivity index (χ0) is 36.9. The number of primary amides is 1. The summed E-state index contributed by atoms with van der Waals surface area (Å²) in [6.07, 6.45) is 1.54. The first-order chi connectivity index (χ1) is 24.4. The normalized spacial score (nSPS) is 23.1. The van der Waals surface area contributed by atoms with Gasteiger partial charge in [-0.3, -0.25) is 33.6 Å². The summed E-state index contributed by atoms with van der Waals surface area (Å²) in [5.74, 6) is -4.52. The van der Waals surface area contributed by atoms with Crippen LogP contribution in [0.4, 0.5) is 0 Å². The number of phenols is 1. The van der Waals surface area contributed by atoms with Gasteiger partial charge in [-0.05, 0) is 61.8 Å². The number of amides is 7. The zero-order valence-electron chi connectivity index (χ0n) is 28.3. The van der Waals surface area contributed by atoms with Crippen molar-refractivity contribution in [3.05, 3.63) is 65.7 Å². The fraction of sp³-hybridized carbons (Fsp3) is 0.457. The Balaban J connectivity index is 1.51. The van der Waals surface area contributed by atoms with Crippen molar-refractivity contribution in [3.63, 3.8) is 0 Å². The Morgan fingerprint density at radius 3 is 2.29 bits per heavy atom. The van der Waals surface area contributed by atoms with Crippen molar-refractivity contribution < 1.29 is 38.7 Å². The molecule has 0 aromatic heterocycles. The van der Waals surface area contributed by atoms with Crippen LogP contribution in [0.15, 0.2) is 54.6 Å². The maximum Gasteiger partial charge on any atom is 0.246 e. The van der Waals surface area contributed by atoms with E-state index in [1.54, 1.807) is 42.5 Å². The van der Waals surface area contributed by atoms with Crippen molar-refractivity contribution in [1.82, 2.24) is 31.5 Å². The molecule has 0 unspecified atom stereocenters. The van der Waals surface area contributed by atoms with E-state index in [4.69, 9.17) is 11.5 Å². The molecule has 2 aliphatic rings. The Labute approximate surface area is 295 Å². The monoisotopic (exact) mass is 706 g/mol. The molecule has 5 atom stereocenters. The molecule has 2 aromatic rings. The molecule has 16 nitrogen and oxygen atoms in total. The van der Waals surface area contributed by atoms with Gasteiger partial charge in [0, 0.05) is 19.5 Å². The Morgan fingerprint density at radius 1 is 0.863 bits per heavy atom. The topological polar surface area (TPSA) is 255 Å². The van der Waals surface area contributed by atoms with Gasteiger partial charge in [-0.2, -0.15) is 0 Å². The van der Waals surface area contributed by atoms with Crippen molar-refractivity contribution in [2.24, 2.45) is 11.5 Å². The Kier molecular flexibility index (Phi) is 13.9. The number of aromatic hydroxyl groups is 1. The van der Waals surface area contributed by atoms with Crippen molar-refractivity contribution in [2.75, 3.05) is 19.6 Å². The predicted molar refractivity (Wildman–Crippen MR) is 184 cm³/mol. The number of likely N-dealkylation sites (tertiary alicyclic amines) is 1. The summed E-state index contributed by atoms with van der Waals surface area (Å²) in [5, 5.41) is 22.7. The minimum atomic E-state index is -1.35. The Hall–Kier alpha value is -5.51. The summed E-state index contributed by atoms with van der Waals surface area (Å²) in [7, 11) is 0. The van der Waals surface area contributed by atoms with Crippen molar-refractivity contribution in [3.8, 4) is 5.75 Å². The average molecular weight is 707 g/mol. The number of hydrogen-bond donors (Lipinski definition) is 8. The molecule has 51 heavy (non-hydrogen) atoms. The smallest absolute Gasteiger partial charge is 0.246 e. The highest BCUT2D eigenvalue weighted by molar-refractivity contribution is 5.97. The quantitative estimate of drug-likeness (QED) is 0.155. The summed E-state index contributed by atoms with van der Waals surface area (Å²) < 4.78 is 0. The van der Waals surface area contributed by atoms with Gasteiger partial charge < -0.3 is 48.1 Å². The highest BCUT2D eigenvalue weighted by atomic mass is 16.3. The number of phenolic OH excluding ortho intramolecular Hbond substituents is 1. The molecule has 0 bridgehead atoms. The lowest BCUT2D eigenvalue weighted by molar-refractivity contribution is -0.142. The number of carbonyl (C=O) groups is 7. The van der Waals surface area contributed by atoms with Gasteiger partial charge in [-0.1, -0.05) is 42.5 Å². The third-order valence-electron chi connectivity index (χ3n) is 8.83.